The Balaban J connectivity index is 2.11. The van der Waals surface area contributed by atoms with Crippen LogP contribution in [0.2, 0.25) is 5.02 Å². The first-order chi connectivity index (χ1) is 9.56. The first-order valence-corrected chi connectivity index (χ1v) is 6.63. The van der Waals surface area contributed by atoms with Gasteiger partial charge in [0.2, 0.25) is 0 Å². The second-order valence-electron chi connectivity index (χ2n) is 4.61. The lowest BCUT2D eigenvalue weighted by molar-refractivity contribution is -0.137. The number of H-pyrrole nitrogens is 1. The molecular formula is C14H16ClN3O2. The molecule has 2 rings (SSSR count). The Morgan fingerprint density at radius 1 is 1.55 bits per heavy atom. The zero-order valence-corrected chi connectivity index (χ0v) is 11.8. The predicted octanol–water partition coefficient (Wildman–Crippen LogP) is 2.68. The zero-order valence-electron chi connectivity index (χ0n) is 11.1. The molecule has 2 aromatic rings. The van der Waals surface area contributed by atoms with Crippen molar-refractivity contribution in [3.8, 4) is 0 Å². The van der Waals surface area contributed by atoms with Crippen LogP contribution in [-0.2, 0) is 11.3 Å². The number of nitrogens with zero attached hydrogens (tertiary/aromatic N) is 1. The number of aromatic nitrogens is 2. The number of hydrogen-bond acceptors (Lipinski definition) is 3. The molecule has 0 bridgehead atoms. The van der Waals surface area contributed by atoms with E-state index in [1.165, 1.54) is 0 Å². The van der Waals surface area contributed by atoms with Gasteiger partial charge in [-0.25, -0.2) is 0 Å². The summed E-state index contributed by atoms with van der Waals surface area (Å²) in [5, 5.41) is 19.7. The van der Waals surface area contributed by atoms with Crippen molar-refractivity contribution in [2.45, 2.75) is 25.9 Å². The van der Waals surface area contributed by atoms with Gasteiger partial charge in [-0.05, 0) is 24.6 Å². The number of rotatable bonds is 6. The van der Waals surface area contributed by atoms with E-state index in [9.17, 15) is 4.79 Å². The van der Waals surface area contributed by atoms with Crippen LogP contribution in [-0.4, -0.2) is 21.3 Å². The summed E-state index contributed by atoms with van der Waals surface area (Å²) in [6.07, 6.45) is 1.73. The Kier molecular flexibility index (Phi) is 4.76. The fourth-order valence-electron chi connectivity index (χ4n) is 1.99. The number of halogens is 1. The van der Waals surface area contributed by atoms with Crippen molar-refractivity contribution >= 4 is 17.6 Å². The maximum Gasteiger partial charge on any atom is 0.305 e. The van der Waals surface area contributed by atoms with Crippen LogP contribution in [0.15, 0.2) is 30.5 Å². The van der Waals surface area contributed by atoms with E-state index in [1.807, 2.05) is 19.1 Å². The largest absolute Gasteiger partial charge is 0.481 e. The third-order valence-corrected chi connectivity index (χ3v) is 3.34. The van der Waals surface area contributed by atoms with E-state index in [-0.39, 0.29) is 12.5 Å². The van der Waals surface area contributed by atoms with Crippen molar-refractivity contribution in [3.63, 3.8) is 0 Å². The Morgan fingerprint density at radius 3 is 2.95 bits per heavy atom. The average Bonchev–Trinajstić information content (AvgIpc) is 2.80. The van der Waals surface area contributed by atoms with Crippen LogP contribution in [0.4, 0.5) is 0 Å². The standard InChI is InChI=1S/C14H16ClN3O2/c1-9-11(8-17-18-9)7-16-13(6-14(19)20)10-3-2-4-12(15)5-10/h2-5,8,13,16H,6-7H2,1H3,(H,17,18)(H,19,20)/t13-/m1/s1. The minimum Gasteiger partial charge on any atom is -0.481 e. The summed E-state index contributed by atoms with van der Waals surface area (Å²) in [5.41, 5.74) is 2.85. The van der Waals surface area contributed by atoms with Crippen molar-refractivity contribution in [3.05, 3.63) is 52.3 Å². The predicted molar refractivity (Wildman–Crippen MR) is 76.6 cm³/mol. The monoisotopic (exact) mass is 293 g/mol. The van der Waals surface area contributed by atoms with Crippen LogP contribution in [0, 0.1) is 6.92 Å². The number of aliphatic carboxylic acids is 1. The van der Waals surface area contributed by atoms with Gasteiger partial charge in [-0.3, -0.25) is 9.89 Å². The number of nitrogens with one attached hydrogen (secondary N) is 2. The van der Waals surface area contributed by atoms with Gasteiger partial charge in [0, 0.05) is 28.9 Å². The normalized spacial score (nSPS) is 12.3. The molecule has 0 saturated heterocycles. The number of carbonyl (C=O) groups is 1. The molecule has 3 N–H and O–H groups in total. The summed E-state index contributed by atoms with van der Waals surface area (Å²) in [6, 6.07) is 6.94. The van der Waals surface area contributed by atoms with Gasteiger partial charge in [0.1, 0.15) is 0 Å². The smallest absolute Gasteiger partial charge is 0.305 e. The minimum atomic E-state index is -0.855. The summed E-state index contributed by atoms with van der Waals surface area (Å²) in [4.78, 5) is 11.0. The first kappa shape index (κ1) is 14.6. The number of carboxylic acids is 1. The van der Waals surface area contributed by atoms with Gasteiger partial charge >= 0.3 is 5.97 Å². The van der Waals surface area contributed by atoms with Crippen LogP contribution in [0.3, 0.4) is 0 Å². The summed E-state index contributed by atoms with van der Waals surface area (Å²) < 4.78 is 0. The third-order valence-electron chi connectivity index (χ3n) is 3.10. The van der Waals surface area contributed by atoms with E-state index in [0.717, 1.165) is 16.8 Å². The molecule has 20 heavy (non-hydrogen) atoms. The van der Waals surface area contributed by atoms with Crippen LogP contribution >= 0.6 is 11.6 Å². The van der Waals surface area contributed by atoms with E-state index in [2.05, 4.69) is 15.5 Å². The number of hydrogen-bond donors (Lipinski definition) is 3. The van der Waals surface area contributed by atoms with Crippen molar-refractivity contribution in [2.24, 2.45) is 0 Å². The summed E-state index contributed by atoms with van der Waals surface area (Å²) in [5.74, 6) is -0.855. The van der Waals surface area contributed by atoms with E-state index in [0.29, 0.717) is 11.6 Å². The molecule has 0 aliphatic carbocycles. The molecule has 0 fully saturated rings. The molecule has 1 aromatic carbocycles. The second kappa shape index (κ2) is 6.54. The first-order valence-electron chi connectivity index (χ1n) is 6.25. The van der Waals surface area contributed by atoms with Crippen molar-refractivity contribution < 1.29 is 9.90 Å². The maximum atomic E-state index is 11.0. The van der Waals surface area contributed by atoms with Crippen molar-refractivity contribution in [2.75, 3.05) is 0 Å². The topological polar surface area (TPSA) is 78.0 Å². The van der Waals surface area contributed by atoms with Gasteiger partial charge in [-0.15, -0.1) is 0 Å². The lowest BCUT2D eigenvalue weighted by atomic mass is 10.0. The van der Waals surface area contributed by atoms with Gasteiger partial charge in [0.15, 0.2) is 0 Å². The molecule has 0 amide bonds. The summed E-state index contributed by atoms with van der Waals surface area (Å²) in [7, 11) is 0. The Bertz CT molecular complexity index is 598. The molecule has 0 aliphatic heterocycles. The van der Waals surface area contributed by atoms with Gasteiger partial charge in [-0.1, -0.05) is 23.7 Å². The van der Waals surface area contributed by atoms with E-state index < -0.39 is 5.97 Å². The Hall–Kier alpha value is -1.85. The van der Waals surface area contributed by atoms with E-state index >= 15 is 0 Å². The molecule has 0 radical (unpaired) electrons. The molecule has 0 saturated carbocycles. The fraction of sp³-hybridized carbons (Fsp3) is 0.286. The second-order valence-corrected chi connectivity index (χ2v) is 5.04. The number of carboxylic acid groups (broad SMARTS) is 1. The van der Waals surface area contributed by atoms with Crippen LogP contribution in [0.25, 0.3) is 0 Å². The minimum absolute atomic E-state index is 0.00274. The number of aryl methyl sites for hydroxylation is 1. The molecule has 6 heteroatoms. The summed E-state index contributed by atoms with van der Waals surface area (Å²) in [6.45, 7) is 2.47. The van der Waals surface area contributed by atoms with Crippen LogP contribution in [0.5, 0.6) is 0 Å². The van der Waals surface area contributed by atoms with E-state index in [4.69, 9.17) is 16.7 Å². The zero-order chi connectivity index (χ0) is 14.5. The van der Waals surface area contributed by atoms with Crippen molar-refractivity contribution in [1.82, 2.24) is 15.5 Å². The molecule has 1 aromatic heterocycles. The van der Waals surface area contributed by atoms with Gasteiger partial charge in [-0.2, -0.15) is 5.10 Å². The highest BCUT2D eigenvalue weighted by molar-refractivity contribution is 6.30. The van der Waals surface area contributed by atoms with Crippen molar-refractivity contribution in [1.29, 1.82) is 0 Å². The summed E-state index contributed by atoms with van der Waals surface area (Å²) >= 11 is 5.96. The fourth-order valence-corrected chi connectivity index (χ4v) is 2.19. The Morgan fingerprint density at radius 2 is 2.35 bits per heavy atom. The molecule has 0 spiro atoms. The maximum absolute atomic E-state index is 11.0. The van der Waals surface area contributed by atoms with Crippen LogP contribution < -0.4 is 5.32 Å². The molecule has 0 aliphatic rings. The highest BCUT2D eigenvalue weighted by Crippen LogP contribution is 2.21. The molecule has 106 valence electrons. The lowest BCUT2D eigenvalue weighted by Crippen LogP contribution is -2.23. The van der Waals surface area contributed by atoms with Gasteiger partial charge in [0.05, 0.1) is 12.6 Å². The molecule has 1 heterocycles. The highest BCUT2D eigenvalue weighted by Gasteiger charge is 2.16. The van der Waals surface area contributed by atoms with Gasteiger partial charge < -0.3 is 10.4 Å². The lowest BCUT2D eigenvalue weighted by Gasteiger charge is -2.17. The quantitative estimate of drug-likeness (QED) is 0.765. The number of benzene rings is 1. The van der Waals surface area contributed by atoms with Crippen LogP contribution in [0.1, 0.15) is 29.3 Å². The molecule has 1 atom stereocenters. The average molecular weight is 294 g/mol. The van der Waals surface area contributed by atoms with Gasteiger partial charge in [0.25, 0.3) is 0 Å². The molecule has 5 nitrogen and oxygen atoms in total. The molecule has 0 unspecified atom stereocenters. The SMILES string of the molecule is Cc1[nH]ncc1CN[C@H](CC(=O)O)c1cccc(Cl)c1. The molecular weight excluding hydrogens is 278 g/mol. The third kappa shape index (κ3) is 3.82. The van der Waals surface area contributed by atoms with E-state index in [1.54, 1.807) is 18.3 Å². The Labute approximate surface area is 122 Å². The highest BCUT2D eigenvalue weighted by atomic mass is 35.5. The number of aromatic amines is 1.